The molecule has 1 rings (SSSR count). The van der Waals surface area contributed by atoms with E-state index in [0.717, 1.165) is 0 Å². The van der Waals surface area contributed by atoms with Gasteiger partial charge in [-0.1, -0.05) is 28.9 Å². The van der Waals surface area contributed by atoms with Gasteiger partial charge in [0, 0.05) is 4.47 Å². The molecule has 0 aliphatic heterocycles. The molecule has 0 aliphatic carbocycles. The summed E-state index contributed by atoms with van der Waals surface area (Å²) in [6, 6.07) is 3.90. The standard InChI is InChI=1S/C14H16BrFO4/c1-3-8(2)20-14(19)11(13(17)18)6-9-4-5-10(16)7-12(9)15/h4-5,7-8,11H,3,6H2,1-2H3,(H,17,18). The van der Waals surface area contributed by atoms with E-state index >= 15 is 0 Å². The molecule has 0 saturated heterocycles. The van der Waals surface area contributed by atoms with Crippen LogP contribution in [-0.4, -0.2) is 23.1 Å². The summed E-state index contributed by atoms with van der Waals surface area (Å²) in [7, 11) is 0. The topological polar surface area (TPSA) is 63.6 Å². The predicted octanol–water partition coefficient (Wildman–Crippen LogP) is 3.17. The molecule has 0 aromatic heterocycles. The smallest absolute Gasteiger partial charge is 0.320 e. The maximum absolute atomic E-state index is 13.0. The molecule has 0 fully saturated rings. The summed E-state index contributed by atoms with van der Waals surface area (Å²) in [6.07, 6.45) is 0.227. The lowest BCUT2D eigenvalue weighted by Crippen LogP contribution is -2.30. The molecule has 110 valence electrons. The van der Waals surface area contributed by atoms with Crippen molar-refractivity contribution < 1.29 is 23.8 Å². The fourth-order valence-corrected chi connectivity index (χ4v) is 2.06. The first kappa shape index (κ1) is 16.6. The van der Waals surface area contributed by atoms with Crippen LogP contribution in [0.3, 0.4) is 0 Å². The highest BCUT2D eigenvalue weighted by atomic mass is 79.9. The SMILES string of the molecule is CCC(C)OC(=O)C(Cc1ccc(F)cc1Br)C(=O)O. The first-order chi connectivity index (χ1) is 9.35. The van der Waals surface area contributed by atoms with Crippen LogP contribution in [0, 0.1) is 11.7 Å². The zero-order chi connectivity index (χ0) is 15.3. The van der Waals surface area contributed by atoms with Gasteiger partial charge in [0.15, 0.2) is 5.92 Å². The summed E-state index contributed by atoms with van der Waals surface area (Å²) >= 11 is 3.15. The van der Waals surface area contributed by atoms with Crippen molar-refractivity contribution in [2.75, 3.05) is 0 Å². The number of esters is 1. The van der Waals surface area contributed by atoms with Gasteiger partial charge in [-0.2, -0.15) is 0 Å². The number of hydrogen-bond acceptors (Lipinski definition) is 3. The molecule has 2 atom stereocenters. The van der Waals surface area contributed by atoms with Crippen molar-refractivity contribution in [1.29, 1.82) is 0 Å². The van der Waals surface area contributed by atoms with Gasteiger partial charge in [0.05, 0.1) is 6.10 Å². The van der Waals surface area contributed by atoms with E-state index in [4.69, 9.17) is 9.84 Å². The number of carbonyl (C=O) groups is 2. The molecule has 1 aromatic rings. The summed E-state index contributed by atoms with van der Waals surface area (Å²) in [6.45, 7) is 3.54. The molecule has 0 spiro atoms. The fourth-order valence-electron chi connectivity index (χ4n) is 1.54. The van der Waals surface area contributed by atoms with Gasteiger partial charge in [-0.15, -0.1) is 0 Å². The van der Waals surface area contributed by atoms with Crippen LogP contribution in [0.4, 0.5) is 4.39 Å². The second-order valence-electron chi connectivity index (χ2n) is 4.49. The van der Waals surface area contributed by atoms with E-state index in [2.05, 4.69) is 15.9 Å². The minimum atomic E-state index is -1.30. The Morgan fingerprint density at radius 2 is 2.10 bits per heavy atom. The van der Waals surface area contributed by atoms with Crippen molar-refractivity contribution in [1.82, 2.24) is 0 Å². The van der Waals surface area contributed by atoms with E-state index in [0.29, 0.717) is 16.5 Å². The lowest BCUT2D eigenvalue weighted by atomic mass is 9.99. The molecule has 4 nitrogen and oxygen atoms in total. The normalized spacial score (nSPS) is 13.6. The number of benzene rings is 1. The first-order valence-electron chi connectivity index (χ1n) is 6.22. The number of ether oxygens (including phenoxy) is 1. The van der Waals surface area contributed by atoms with E-state index in [1.165, 1.54) is 18.2 Å². The molecule has 0 aliphatic rings. The van der Waals surface area contributed by atoms with Crippen LogP contribution >= 0.6 is 15.9 Å². The summed E-state index contributed by atoms with van der Waals surface area (Å²) in [5.41, 5.74) is 0.542. The van der Waals surface area contributed by atoms with Crippen molar-refractivity contribution >= 4 is 27.9 Å². The molecule has 0 amide bonds. The van der Waals surface area contributed by atoms with Gasteiger partial charge >= 0.3 is 11.9 Å². The molecular weight excluding hydrogens is 331 g/mol. The third-order valence-corrected chi connectivity index (χ3v) is 3.65. The largest absolute Gasteiger partial charge is 0.481 e. The lowest BCUT2D eigenvalue weighted by molar-refractivity contribution is -0.161. The minimum absolute atomic E-state index is 0.0501. The van der Waals surface area contributed by atoms with Gasteiger partial charge in [-0.3, -0.25) is 9.59 Å². The number of rotatable bonds is 6. The third-order valence-electron chi connectivity index (χ3n) is 2.91. The van der Waals surface area contributed by atoms with Crippen molar-refractivity contribution in [2.45, 2.75) is 32.8 Å². The van der Waals surface area contributed by atoms with Crippen molar-refractivity contribution in [3.8, 4) is 0 Å². The Morgan fingerprint density at radius 1 is 1.45 bits per heavy atom. The molecule has 20 heavy (non-hydrogen) atoms. The van der Waals surface area contributed by atoms with Crippen LogP contribution in [0.15, 0.2) is 22.7 Å². The average Bonchev–Trinajstić information content (AvgIpc) is 2.36. The lowest BCUT2D eigenvalue weighted by Gasteiger charge is -2.16. The Hall–Kier alpha value is -1.43. The van der Waals surface area contributed by atoms with E-state index in [1.54, 1.807) is 6.92 Å². The number of carbonyl (C=O) groups excluding carboxylic acids is 1. The predicted molar refractivity (Wildman–Crippen MR) is 74.8 cm³/mol. The quantitative estimate of drug-likeness (QED) is 0.634. The van der Waals surface area contributed by atoms with Gasteiger partial charge in [0.2, 0.25) is 0 Å². The molecule has 0 bridgehead atoms. The van der Waals surface area contributed by atoms with Crippen LogP contribution in [-0.2, 0) is 20.7 Å². The maximum Gasteiger partial charge on any atom is 0.320 e. The van der Waals surface area contributed by atoms with E-state index in [9.17, 15) is 14.0 Å². The van der Waals surface area contributed by atoms with Crippen molar-refractivity contribution in [3.63, 3.8) is 0 Å². The average molecular weight is 347 g/mol. The number of aliphatic carboxylic acids is 1. The van der Waals surface area contributed by atoms with Gasteiger partial charge in [0.1, 0.15) is 5.82 Å². The molecule has 0 radical (unpaired) electrons. The summed E-state index contributed by atoms with van der Waals surface area (Å²) < 4.78 is 18.5. The molecule has 2 unspecified atom stereocenters. The van der Waals surface area contributed by atoms with Crippen LogP contribution in [0.25, 0.3) is 0 Å². The second kappa shape index (κ2) is 7.38. The zero-order valence-corrected chi connectivity index (χ0v) is 12.8. The van der Waals surface area contributed by atoms with Crippen LogP contribution in [0.5, 0.6) is 0 Å². The number of carboxylic acid groups (broad SMARTS) is 1. The summed E-state index contributed by atoms with van der Waals surface area (Å²) in [5.74, 6) is -3.77. The van der Waals surface area contributed by atoms with Gasteiger partial charge in [0.25, 0.3) is 0 Å². The number of hydrogen-bond donors (Lipinski definition) is 1. The third kappa shape index (κ3) is 4.59. The van der Waals surface area contributed by atoms with E-state index in [-0.39, 0.29) is 12.5 Å². The zero-order valence-electron chi connectivity index (χ0n) is 11.2. The number of carboxylic acids is 1. The molecule has 0 saturated carbocycles. The van der Waals surface area contributed by atoms with Gasteiger partial charge < -0.3 is 9.84 Å². The fraction of sp³-hybridized carbons (Fsp3) is 0.429. The Kier molecular flexibility index (Phi) is 6.13. The summed E-state index contributed by atoms with van der Waals surface area (Å²) in [5, 5.41) is 9.15. The molecular formula is C14H16BrFO4. The Labute approximate surface area is 125 Å². The van der Waals surface area contributed by atoms with Gasteiger partial charge in [-0.25, -0.2) is 4.39 Å². The Morgan fingerprint density at radius 3 is 2.60 bits per heavy atom. The Bertz CT molecular complexity index is 504. The first-order valence-corrected chi connectivity index (χ1v) is 7.01. The minimum Gasteiger partial charge on any atom is -0.481 e. The molecule has 0 heterocycles. The van der Waals surface area contributed by atoms with E-state index in [1.807, 2.05) is 6.92 Å². The molecule has 1 N–H and O–H groups in total. The second-order valence-corrected chi connectivity index (χ2v) is 5.34. The molecule has 6 heteroatoms. The van der Waals surface area contributed by atoms with Crippen LogP contribution in [0.2, 0.25) is 0 Å². The van der Waals surface area contributed by atoms with Crippen molar-refractivity contribution in [3.05, 3.63) is 34.1 Å². The molecule has 1 aromatic carbocycles. The van der Waals surface area contributed by atoms with Gasteiger partial charge in [-0.05, 0) is 37.5 Å². The monoisotopic (exact) mass is 346 g/mol. The highest BCUT2D eigenvalue weighted by molar-refractivity contribution is 9.10. The van der Waals surface area contributed by atoms with Crippen LogP contribution < -0.4 is 0 Å². The number of halogens is 2. The van der Waals surface area contributed by atoms with Crippen LogP contribution in [0.1, 0.15) is 25.8 Å². The summed E-state index contributed by atoms with van der Waals surface area (Å²) in [4.78, 5) is 23.0. The van der Waals surface area contributed by atoms with E-state index < -0.39 is 23.7 Å². The Balaban J connectivity index is 2.87. The maximum atomic E-state index is 13.0. The van der Waals surface area contributed by atoms with Crippen molar-refractivity contribution in [2.24, 2.45) is 5.92 Å². The highest BCUT2D eigenvalue weighted by Gasteiger charge is 2.29. The highest BCUT2D eigenvalue weighted by Crippen LogP contribution is 2.22.